The van der Waals surface area contributed by atoms with Crippen LogP contribution in [-0.2, 0) is 14.8 Å². The molecule has 0 amide bonds. The van der Waals surface area contributed by atoms with Crippen molar-refractivity contribution >= 4 is 10.0 Å². The lowest BCUT2D eigenvalue weighted by Gasteiger charge is -2.42. The van der Waals surface area contributed by atoms with Gasteiger partial charge >= 0.3 is 0 Å². The standard InChI is InChI=1S/C11H24N2O3S/c1-5-12-8-10(2)17(14,15)13-6-7-16-9-11(13,3)4/h10,12H,5-9H2,1-4H3. The minimum absolute atomic E-state index is 0.403. The number of rotatable bonds is 5. The topological polar surface area (TPSA) is 58.6 Å². The highest BCUT2D eigenvalue weighted by atomic mass is 32.2. The van der Waals surface area contributed by atoms with E-state index in [-0.39, 0.29) is 0 Å². The molecule has 6 heteroatoms. The second kappa shape index (κ2) is 5.65. The minimum Gasteiger partial charge on any atom is -0.378 e. The summed E-state index contributed by atoms with van der Waals surface area (Å²) in [5.41, 5.74) is -0.447. The minimum atomic E-state index is -3.25. The van der Waals surface area contributed by atoms with Crippen LogP contribution in [0.25, 0.3) is 0 Å². The van der Waals surface area contributed by atoms with Crippen LogP contribution in [0.2, 0.25) is 0 Å². The van der Waals surface area contributed by atoms with E-state index in [1.807, 2.05) is 20.8 Å². The normalized spacial score (nSPS) is 23.5. The quantitative estimate of drug-likeness (QED) is 0.782. The van der Waals surface area contributed by atoms with Gasteiger partial charge in [-0.3, -0.25) is 0 Å². The number of hydrogen-bond donors (Lipinski definition) is 1. The van der Waals surface area contributed by atoms with E-state index >= 15 is 0 Å². The molecule has 0 aliphatic carbocycles. The molecule has 0 aromatic rings. The van der Waals surface area contributed by atoms with Crippen LogP contribution in [0.4, 0.5) is 0 Å². The monoisotopic (exact) mass is 264 g/mol. The molecule has 1 heterocycles. The Kier molecular flexibility index (Phi) is 4.95. The number of morpholine rings is 1. The van der Waals surface area contributed by atoms with Crippen molar-refractivity contribution in [1.29, 1.82) is 0 Å². The summed E-state index contributed by atoms with van der Waals surface area (Å²) in [5, 5.41) is 2.68. The third-order valence-electron chi connectivity index (χ3n) is 3.07. The van der Waals surface area contributed by atoms with Crippen molar-refractivity contribution in [2.75, 3.05) is 32.8 Å². The fraction of sp³-hybridized carbons (Fsp3) is 1.00. The summed E-state index contributed by atoms with van der Waals surface area (Å²) >= 11 is 0. The van der Waals surface area contributed by atoms with E-state index in [0.717, 1.165) is 6.54 Å². The molecular weight excluding hydrogens is 240 g/mol. The fourth-order valence-corrected chi connectivity index (χ4v) is 3.82. The summed E-state index contributed by atoms with van der Waals surface area (Å²) in [6.45, 7) is 10.2. The van der Waals surface area contributed by atoms with Gasteiger partial charge in [-0.2, -0.15) is 4.31 Å². The van der Waals surface area contributed by atoms with Gasteiger partial charge in [0.25, 0.3) is 0 Å². The smallest absolute Gasteiger partial charge is 0.218 e. The Morgan fingerprint density at radius 1 is 1.47 bits per heavy atom. The van der Waals surface area contributed by atoms with Gasteiger partial charge in [-0.15, -0.1) is 0 Å². The first kappa shape index (κ1) is 14.9. The molecule has 1 atom stereocenters. The second-order valence-electron chi connectivity index (χ2n) is 5.10. The van der Waals surface area contributed by atoms with E-state index in [2.05, 4.69) is 5.32 Å². The third kappa shape index (κ3) is 3.40. The van der Waals surface area contributed by atoms with E-state index in [0.29, 0.717) is 26.3 Å². The van der Waals surface area contributed by atoms with Crippen molar-refractivity contribution < 1.29 is 13.2 Å². The highest BCUT2D eigenvalue weighted by Crippen LogP contribution is 2.24. The van der Waals surface area contributed by atoms with Crippen LogP contribution >= 0.6 is 0 Å². The highest BCUT2D eigenvalue weighted by Gasteiger charge is 2.41. The zero-order valence-corrected chi connectivity index (χ0v) is 12.0. The van der Waals surface area contributed by atoms with Gasteiger partial charge in [0, 0.05) is 13.1 Å². The third-order valence-corrected chi connectivity index (χ3v) is 5.54. The number of nitrogens with zero attached hydrogens (tertiary/aromatic N) is 1. The Morgan fingerprint density at radius 2 is 2.12 bits per heavy atom. The molecule has 102 valence electrons. The zero-order valence-electron chi connectivity index (χ0n) is 11.2. The van der Waals surface area contributed by atoms with Crippen molar-refractivity contribution in [3.63, 3.8) is 0 Å². The fourth-order valence-electron chi connectivity index (χ4n) is 1.99. The Labute approximate surface area is 105 Å². The zero-order chi connectivity index (χ0) is 13.1. The summed E-state index contributed by atoms with van der Waals surface area (Å²) in [4.78, 5) is 0. The molecule has 5 nitrogen and oxygen atoms in total. The Hall–Kier alpha value is -0.170. The average molecular weight is 264 g/mol. The van der Waals surface area contributed by atoms with Crippen LogP contribution < -0.4 is 5.32 Å². The van der Waals surface area contributed by atoms with Gasteiger partial charge in [0.2, 0.25) is 10.0 Å². The molecule has 1 aliphatic rings. The van der Waals surface area contributed by atoms with Crippen LogP contribution in [0.1, 0.15) is 27.7 Å². The molecule has 1 fully saturated rings. The molecular formula is C11H24N2O3S. The van der Waals surface area contributed by atoms with E-state index in [4.69, 9.17) is 4.74 Å². The first-order valence-corrected chi connectivity index (χ1v) is 7.63. The number of sulfonamides is 1. The molecule has 1 saturated heterocycles. The average Bonchev–Trinajstić information content (AvgIpc) is 2.24. The first-order chi connectivity index (χ1) is 7.82. The lowest BCUT2D eigenvalue weighted by molar-refractivity contribution is -0.00809. The predicted molar refractivity (Wildman–Crippen MR) is 68.5 cm³/mol. The number of ether oxygens (including phenoxy) is 1. The van der Waals surface area contributed by atoms with Crippen molar-refractivity contribution in [2.45, 2.75) is 38.5 Å². The molecule has 0 saturated carbocycles. The molecule has 0 spiro atoms. The van der Waals surface area contributed by atoms with E-state index in [1.54, 1.807) is 11.2 Å². The maximum Gasteiger partial charge on any atom is 0.218 e. The van der Waals surface area contributed by atoms with Gasteiger partial charge in [0.1, 0.15) is 0 Å². The summed E-state index contributed by atoms with van der Waals surface area (Å²) in [6.07, 6.45) is 0. The maximum atomic E-state index is 12.4. The summed E-state index contributed by atoms with van der Waals surface area (Å²) in [6, 6.07) is 0. The summed E-state index contributed by atoms with van der Waals surface area (Å²) in [7, 11) is -3.25. The highest BCUT2D eigenvalue weighted by molar-refractivity contribution is 7.89. The van der Waals surface area contributed by atoms with Crippen molar-refractivity contribution in [1.82, 2.24) is 9.62 Å². The van der Waals surface area contributed by atoms with Crippen LogP contribution in [0.5, 0.6) is 0 Å². The van der Waals surface area contributed by atoms with Crippen LogP contribution in [0.15, 0.2) is 0 Å². The maximum absolute atomic E-state index is 12.4. The molecule has 0 aromatic carbocycles. The van der Waals surface area contributed by atoms with Gasteiger partial charge < -0.3 is 10.1 Å². The van der Waals surface area contributed by atoms with Gasteiger partial charge in [-0.25, -0.2) is 8.42 Å². The SMILES string of the molecule is CCNCC(C)S(=O)(=O)N1CCOCC1(C)C. The number of nitrogens with one attached hydrogen (secondary N) is 1. The van der Waals surface area contributed by atoms with Gasteiger partial charge in [0.15, 0.2) is 0 Å². The van der Waals surface area contributed by atoms with E-state index in [9.17, 15) is 8.42 Å². The van der Waals surface area contributed by atoms with Crippen molar-refractivity contribution in [3.8, 4) is 0 Å². The van der Waals surface area contributed by atoms with Crippen LogP contribution in [0, 0.1) is 0 Å². The van der Waals surface area contributed by atoms with Gasteiger partial charge in [-0.05, 0) is 27.3 Å². The largest absolute Gasteiger partial charge is 0.378 e. The molecule has 1 aliphatic heterocycles. The molecule has 0 aromatic heterocycles. The summed E-state index contributed by atoms with van der Waals surface area (Å²) < 4.78 is 31.8. The van der Waals surface area contributed by atoms with Gasteiger partial charge in [0.05, 0.1) is 24.0 Å². The molecule has 0 bridgehead atoms. The van der Waals surface area contributed by atoms with Gasteiger partial charge in [-0.1, -0.05) is 6.92 Å². The number of hydrogen-bond acceptors (Lipinski definition) is 4. The van der Waals surface area contributed by atoms with E-state index < -0.39 is 20.8 Å². The Morgan fingerprint density at radius 3 is 2.65 bits per heavy atom. The van der Waals surface area contributed by atoms with Crippen LogP contribution in [-0.4, -0.2) is 56.4 Å². The molecule has 17 heavy (non-hydrogen) atoms. The molecule has 1 N–H and O–H groups in total. The van der Waals surface area contributed by atoms with Crippen molar-refractivity contribution in [2.24, 2.45) is 0 Å². The Balaban J connectivity index is 2.81. The second-order valence-corrected chi connectivity index (χ2v) is 7.38. The molecule has 0 radical (unpaired) electrons. The van der Waals surface area contributed by atoms with Crippen molar-refractivity contribution in [3.05, 3.63) is 0 Å². The van der Waals surface area contributed by atoms with E-state index in [1.165, 1.54) is 0 Å². The molecule has 1 unspecified atom stereocenters. The first-order valence-electron chi connectivity index (χ1n) is 6.12. The Bertz CT molecular complexity index is 341. The predicted octanol–water partition coefficient (Wildman–Crippen LogP) is 0.425. The van der Waals surface area contributed by atoms with Crippen LogP contribution in [0.3, 0.4) is 0 Å². The molecule has 1 rings (SSSR count). The summed E-state index contributed by atoms with van der Waals surface area (Å²) in [5.74, 6) is 0. The lowest BCUT2D eigenvalue weighted by atomic mass is 10.1. The lowest BCUT2D eigenvalue weighted by Crippen LogP contribution is -2.58.